The maximum absolute atomic E-state index is 13.9. The minimum absolute atomic E-state index is 0.0520. The van der Waals surface area contributed by atoms with Crippen molar-refractivity contribution in [3.63, 3.8) is 0 Å². The molecule has 3 atom stereocenters. The van der Waals surface area contributed by atoms with E-state index in [-0.39, 0.29) is 57.1 Å². The number of benzene rings is 1. The summed E-state index contributed by atoms with van der Waals surface area (Å²) in [4.78, 5) is 68.2. The minimum Gasteiger partial charge on any atom is -0.480 e. The number of nitrogens with one attached hydrogen (secondary N) is 2. The van der Waals surface area contributed by atoms with Gasteiger partial charge < -0.3 is 42.7 Å². The SMILES string of the molecule is NCCCC[C@H](NC(=O)[C@H](Cc1ccccc1)NC(=O)[C@H](CCCCN)N(CCN)C(=O)CCN1C(=O)CCC1=S)C(=O)O. The summed E-state index contributed by atoms with van der Waals surface area (Å²) >= 11 is 5.26. The largest absolute Gasteiger partial charge is 0.480 e. The Labute approximate surface area is 264 Å². The van der Waals surface area contributed by atoms with E-state index in [4.69, 9.17) is 29.4 Å². The number of carboxylic acids is 1. The highest BCUT2D eigenvalue weighted by atomic mass is 32.1. The van der Waals surface area contributed by atoms with Crippen LogP contribution in [0, 0.1) is 0 Å². The zero-order valence-corrected chi connectivity index (χ0v) is 26.1. The van der Waals surface area contributed by atoms with Crippen LogP contribution < -0.4 is 27.8 Å². The van der Waals surface area contributed by atoms with Gasteiger partial charge in [-0.2, -0.15) is 0 Å². The average Bonchev–Trinajstić information content (AvgIpc) is 3.33. The fourth-order valence-electron chi connectivity index (χ4n) is 5.08. The quantitative estimate of drug-likeness (QED) is 0.0789. The minimum atomic E-state index is -1.18. The highest BCUT2D eigenvalue weighted by Gasteiger charge is 2.34. The van der Waals surface area contributed by atoms with E-state index < -0.39 is 35.9 Å². The first-order valence-electron chi connectivity index (χ1n) is 15.2. The number of thiocarbonyl (C=S) groups is 1. The molecule has 244 valence electrons. The number of nitrogens with two attached hydrogens (primary N) is 3. The fraction of sp³-hybridized carbons (Fsp3) is 0.600. The Morgan fingerprint density at radius 3 is 2.09 bits per heavy atom. The summed E-state index contributed by atoms with van der Waals surface area (Å²) in [6.07, 6.45) is 3.56. The van der Waals surface area contributed by atoms with E-state index in [0.717, 1.165) is 5.56 Å². The Bertz CT molecular complexity index is 1110. The number of rotatable bonds is 21. The van der Waals surface area contributed by atoms with Crippen LogP contribution in [0.15, 0.2) is 30.3 Å². The zero-order valence-electron chi connectivity index (χ0n) is 25.2. The standard InChI is InChI=1S/C30H47N7O6S/c31-15-6-4-10-22(30(42)43)34-28(40)23(20-21-8-2-1-3-9-21)35-29(41)24(11-5-7-16-32)36(19-17-33)26(39)14-18-37-25(38)12-13-27(37)44/h1-3,8-9,22-24H,4-7,10-20,31-33H2,(H,34,40)(H,35,41)(H,42,43)/t22-,23-,24-/m0/s1. The van der Waals surface area contributed by atoms with Crippen molar-refractivity contribution in [2.75, 3.05) is 32.7 Å². The van der Waals surface area contributed by atoms with Crippen LogP contribution in [-0.2, 0) is 30.4 Å². The third kappa shape index (κ3) is 11.9. The third-order valence-corrected chi connectivity index (χ3v) is 7.91. The summed E-state index contributed by atoms with van der Waals surface area (Å²) in [5, 5.41) is 15.1. The maximum Gasteiger partial charge on any atom is 0.326 e. The lowest BCUT2D eigenvalue weighted by atomic mass is 10.0. The molecule has 0 saturated carbocycles. The number of aliphatic carboxylic acids is 1. The lowest BCUT2D eigenvalue weighted by Gasteiger charge is -2.33. The number of likely N-dealkylation sites (tertiary alicyclic amines) is 1. The van der Waals surface area contributed by atoms with E-state index in [1.165, 1.54) is 9.80 Å². The molecule has 14 heteroatoms. The van der Waals surface area contributed by atoms with Gasteiger partial charge in [-0.15, -0.1) is 0 Å². The number of unbranched alkanes of at least 4 members (excludes halogenated alkanes) is 2. The lowest BCUT2D eigenvalue weighted by Crippen LogP contribution is -2.57. The summed E-state index contributed by atoms with van der Waals surface area (Å²) in [5.41, 5.74) is 17.8. The van der Waals surface area contributed by atoms with Crippen LogP contribution in [0.3, 0.4) is 0 Å². The summed E-state index contributed by atoms with van der Waals surface area (Å²) in [7, 11) is 0. The Kier molecular flexibility index (Phi) is 16.5. The van der Waals surface area contributed by atoms with Gasteiger partial charge in [0.15, 0.2) is 0 Å². The molecule has 0 radical (unpaired) electrons. The van der Waals surface area contributed by atoms with Crippen LogP contribution in [0.5, 0.6) is 0 Å². The van der Waals surface area contributed by atoms with Gasteiger partial charge in [-0.1, -0.05) is 42.5 Å². The molecule has 1 fully saturated rings. The number of hydrogen-bond donors (Lipinski definition) is 6. The monoisotopic (exact) mass is 633 g/mol. The molecular weight excluding hydrogens is 586 g/mol. The van der Waals surface area contributed by atoms with Crippen molar-refractivity contribution in [2.24, 2.45) is 17.2 Å². The van der Waals surface area contributed by atoms with E-state index >= 15 is 0 Å². The van der Waals surface area contributed by atoms with Crippen molar-refractivity contribution in [3.8, 4) is 0 Å². The molecule has 0 aliphatic carbocycles. The van der Waals surface area contributed by atoms with Crippen LogP contribution in [0.1, 0.15) is 63.4 Å². The molecule has 1 saturated heterocycles. The van der Waals surface area contributed by atoms with Crippen LogP contribution in [0.2, 0.25) is 0 Å². The van der Waals surface area contributed by atoms with Gasteiger partial charge in [-0.25, -0.2) is 4.79 Å². The third-order valence-electron chi connectivity index (χ3n) is 7.48. The predicted molar refractivity (Wildman–Crippen MR) is 170 cm³/mol. The van der Waals surface area contributed by atoms with Crippen LogP contribution in [0.25, 0.3) is 0 Å². The number of amides is 4. The number of carboxylic acid groups (broad SMARTS) is 1. The van der Waals surface area contributed by atoms with Gasteiger partial charge in [-0.05, 0) is 57.2 Å². The second-order valence-electron chi connectivity index (χ2n) is 10.8. The predicted octanol–water partition coefficient (Wildman–Crippen LogP) is 0.0371. The number of hydrogen-bond acceptors (Lipinski definition) is 9. The Morgan fingerprint density at radius 2 is 1.52 bits per heavy atom. The summed E-state index contributed by atoms with van der Waals surface area (Å²) in [5.74, 6) is -2.91. The van der Waals surface area contributed by atoms with E-state index in [0.29, 0.717) is 56.6 Å². The number of carbonyl (C=O) groups excluding carboxylic acids is 4. The normalized spacial score (nSPS) is 15.0. The second kappa shape index (κ2) is 19.7. The summed E-state index contributed by atoms with van der Waals surface area (Å²) in [6, 6.07) is 5.78. The Hall–Kier alpha value is -3.46. The van der Waals surface area contributed by atoms with E-state index in [9.17, 15) is 29.1 Å². The molecule has 1 aromatic carbocycles. The van der Waals surface area contributed by atoms with Crippen molar-refractivity contribution < 1.29 is 29.1 Å². The first-order chi connectivity index (χ1) is 21.1. The van der Waals surface area contributed by atoms with Gasteiger partial charge in [0.25, 0.3) is 0 Å². The van der Waals surface area contributed by atoms with E-state index in [1.54, 1.807) is 24.3 Å². The maximum atomic E-state index is 13.9. The van der Waals surface area contributed by atoms with Crippen molar-refractivity contribution in [2.45, 2.75) is 82.3 Å². The topological polar surface area (TPSA) is 214 Å². The zero-order chi connectivity index (χ0) is 32.5. The van der Waals surface area contributed by atoms with Gasteiger partial charge in [0, 0.05) is 45.3 Å². The van der Waals surface area contributed by atoms with Crippen molar-refractivity contribution in [1.82, 2.24) is 20.4 Å². The smallest absolute Gasteiger partial charge is 0.326 e. The highest BCUT2D eigenvalue weighted by molar-refractivity contribution is 7.80. The molecule has 1 aromatic rings. The average molecular weight is 634 g/mol. The molecule has 1 heterocycles. The lowest BCUT2D eigenvalue weighted by molar-refractivity contribution is -0.144. The van der Waals surface area contributed by atoms with E-state index in [1.807, 2.05) is 6.07 Å². The van der Waals surface area contributed by atoms with Crippen molar-refractivity contribution >= 4 is 46.8 Å². The van der Waals surface area contributed by atoms with Gasteiger partial charge in [0.1, 0.15) is 18.1 Å². The first kappa shape index (κ1) is 36.7. The van der Waals surface area contributed by atoms with Crippen LogP contribution >= 0.6 is 12.2 Å². The van der Waals surface area contributed by atoms with Crippen molar-refractivity contribution in [3.05, 3.63) is 35.9 Å². The number of nitrogens with zero attached hydrogens (tertiary/aromatic N) is 2. The molecule has 2 rings (SSSR count). The van der Waals surface area contributed by atoms with E-state index in [2.05, 4.69) is 10.6 Å². The Balaban J connectivity index is 2.29. The van der Waals surface area contributed by atoms with Gasteiger partial charge in [0.05, 0.1) is 4.99 Å². The second-order valence-corrected chi connectivity index (χ2v) is 11.3. The van der Waals surface area contributed by atoms with Crippen LogP contribution in [-0.4, -0.2) is 100 Å². The van der Waals surface area contributed by atoms with Gasteiger partial charge >= 0.3 is 5.97 Å². The van der Waals surface area contributed by atoms with Crippen LogP contribution in [0.4, 0.5) is 0 Å². The van der Waals surface area contributed by atoms with Crippen molar-refractivity contribution in [1.29, 1.82) is 0 Å². The van der Waals surface area contributed by atoms with Gasteiger partial charge in [-0.3, -0.25) is 19.2 Å². The first-order valence-corrected chi connectivity index (χ1v) is 15.6. The summed E-state index contributed by atoms with van der Waals surface area (Å²) in [6.45, 7) is 1.07. The molecule has 0 spiro atoms. The highest BCUT2D eigenvalue weighted by Crippen LogP contribution is 2.17. The molecule has 4 amide bonds. The van der Waals surface area contributed by atoms with Gasteiger partial charge in [0.2, 0.25) is 23.6 Å². The molecule has 13 nitrogen and oxygen atoms in total. The molecule has 1 aliphatic rings. The fourth-order valence-corrected chi connectivity index (χ4v) is 5.37. The summed E-state index contributed by atoms with van der Waals surface area (Å²) < 4.78 is 0. The molecular formula is C30H47N7O6S. The molecule has 0 bridgehead atoms. The molecule has 9 N–H and O–H groups in total. The molecule has 1 aliphatic heterocycles. The Morgan fingerprint density at radius 1 is 0.886 bits per heavy atom. The molecule has 44 heavy (non-hydrogen) atoms. The molecule has 0 aromatic heterocycles. The number of carbonyl (C=O) groups is 5. The molecule has 0 unspecified atom stereocenters.